The number of carbonyl (C=O) groups is 1. The fourth-order valence-corrected chi connectivity index (χ4v) is 6.69. The molecule has 10 nitrogen and oxygen atoms in total. The van der Waals surface area contributed by atoms with E-state index >= 15 is 4.39 Å². The molecule has 3 aliphatic rings. The molecule has 0 fully saturated rings. The molecule has 3 aromatic carbocycles. The Hall–Kier alpha value is -4.03. The van der Waals surface area contributed by atoms with Gasteiger partial charge in [0.15, 0.2) is 0 Å². The van der Waals surface area contributed by atoms with Crippen molar-refractivity contribution in [1.82, 2.24) is 19.3 Å². The number of hydrogen-bond donors (Lipinski definition) is 1. The SMILES string of the molecule is Cc1c(F)cc2cc1CN1Cc3cc(ccc3OS1(=O)=O)OCCCCn1nnc3c(C)c(ccc31)C2CC(=O)O. The van der Waals surface area contributed by atoms with E-state index in [0.717, 1.165) is 28.2 Å². The lowest BCUT2D eigenvalue weighted by atomic mass is 9.84. The molecule has 0 radical (unpaired) electrons. The zero-order valence-corrected chi connectivity index (χ0v) is 23.4. The highest BCUT2D eigenvalue weighted by Gasteiger charge is 2.33. The van der Waals surface area contributed by atoms with Gasteiger partial charge in [-0.1, -0.05) is 17.3 Å². The van der Waals surface area contributed by atoms with Gasteiger partial charge in [-0.3, -0.25) is 4.79 Å². The summed E-state index contributed by atoms with van der Waals surface area (Å²) in [6.07, 6.45) is 1.25. The minimum absolute atomic E-state index is 0.0145. The number of aliphatic carboxylic acids is 1. The summed E-state index contributed by atoms with van der Waals surface area (Å²) in [6.45, 7) is 4.37. The molecule has 2 atom stereocenters. The molecule has 0 amide bonds. The Morgan fingerprint density at radius 1 is 1.07 bits per heavy atom. The van der Waals surface area contributed by atoms with Gasteiger partial charge in [0.1, 0.15) is 22.8 Å². The Morgan fingerprint density at radius 3 is 2.68 bits per heavy atom. The average molecular weight is 581 g/mol. The van der Waals surface area contributed by atoms with Crippen molar-refractivity contribution in [3.05, 3.63) is 81.7 Å². The van der Waals surface area contributed by atoms with Gasteiger partial charge in [0.05, 0.1) is 18.5 Å². The number of ether oxygens (including phenoxy) is 1. The summed E-state index contributed by atoms with van der Waals surface area (Å²) in [5.74, 6) is -1.47. The molecule has 9 bridgehead atoms. The largest absolute Gasteiger partial charge is 0.494 e. The maximum Gasteiger partial charge on any atom is 0.385 e. The second-order valence-corrected chi connectivity index (χ2v) is 12.1. The van der Waals surface area contributed by atoms with Crippen molar-refractivity contribution in [2.24, 2.45) is 0 Å². The number of nitrogens with zero attached hydrogens (tertiary/aromatic N) is 4. The van der Waals surface area contributed by atoms with E-state index in [-0.39, 0.29) is 30.8 Å². The van der Waals surface area contributed by atoms with Crippen LogP contribution >= 0.6 is 0 Å². The van der Waals surface area contributed by atoms with Gasteiger partial charge in [-0.25, -0.2) is 9.07 Å². The van der Waals surface area contributed by atoms with E-state index in [1.165, 1.54) is 6.07 Å². The number of aryl methyl sites for hydroxylation is 2. The summed E-state index contributed by atoms with van der Waals surface area (Å²) < 4.78 is 55.8. The highest BCUT2D eigenvalue weighted by Crippen LogP contribution is 2.37. The number of fused-ring (bicyclic) bond motifs is 5. The first-order valence-corrected chi connectivity index (χ1v) is 14.8. The van der Waals surface area contributed by atoms with Crippen LogP contribution in [-0.2, 0) is 34.7 Å². The fourth-order valence-electron chi connectivity index (χ4n) is 5.60. The van der Waals surface area contributed by atoms with Gasteiger partial charge < -0.3 is 14.0 Å². The molecule has 0 saturated carbocycles. The van der Waals surface area contributed by atoms with Crippen molar-refractivity contribution in [2.45, 2.75) is 58.7 Å². The van der Waals surface area contributed by atoms with Crippen molar-refractivity contribution in [2.75, 3.05) is 6.61 Å². The van der Waals surface area contributed by atoms with Crippen LogP contribution in [0.3, 0.4) is 0 Å². The second kappa shape index (κ2) is 10.4. The van der Waals surface area contributed by atoms with E-state index in [2.05, 4.69) is 10.3 Å². The first-order valence-electron chi connectivity index (χ1n) is 13.4. The quantitative estimate of drug-likeness (QED) is 0.365. The molecule has 4 aromatic rings. The molecule has 0 spiro atoms. The maximum absolute atomic E-state index is 15.4. The molecule has 7 rings (SSSR count). The van der Waals surface area contributed by atoms with E-state index < -0.39 is 28.0 Å². The Balaban J connectivity index is 1.50. The Bertz CT molecular complexity index is 1790. The lowest BCUT2D eigenvalue weighted by Gasteiger charge is -2.29. The number of carboxylic acids is 1. The number of carboxylic acid groups (broad SMARTS) is 1. The van der Waals surface area contributed by atoms with Crippen LogP contribution in [0.25, 0.3) is 11.0 Å². The van der Waals surface area contributed by atoms with Gasteiger partial charge in [0.2, 0.25) is 0 Å². The van der Waals surface area contributed by atoms with Gasteiger partial charge in [-0.2, -0.15) is 12.7 Å². The highest BCUT2D eigenvalue weighted by molar-refractivity contribution is 7.84. The molecule has 4 heterocycles. The molecule has 12 heteroatoms. The van der Waals surface area contributed by atoms with Crippen LogP contribution in [0.5, 0.6) is 11.5 Å². The van der Waals surface area contributed by atoms with Crippen LogP contribution < -0.4 is 8.92 Å². The predicted octanol–water partition coefficient (Wildman–Crippen LogP) is 4.61. The molecule has 41 heavy (non-hydrogen) atoms. The number of halogens is 1. The van der Waals surface area contributed by atoms with Crippen LogP contribution in [0.4, 0.5) is 4.39 Å². The molecule has 0 aliphatic carbocycles. The number of benzene rings is 3. The first kappa shape index (κ1) is 27.2. The predicted molar refractivity (Wildman–Crippen MR) is 147 cm³/mol. The number of hydrogen-bond acceptors (Lipinski definition) is 7. The fraction of sp³-hybridized carbons (Fsp3) is 0.345. The third kappa shape index (κ3) is 5.13. The zero-order valence-electron chi connectivity index (χ0n) is 22.6. The van der Waals surface area contributed by atoms with Crippen molar-refractivity contribution in [3.63, 3.8) is 0 Å². The van der Waals surface area contributed by atoms with Crippen LogP contribution in [0.2, 0.25) is 0 Å². The van der Waals surface area contributed by atoms with Gasteiger partial charge in [-0.05, 0) is 84.8 Å². The monoisotopic (exact) mass is 580 g/mol. The lowest BCUT2D eigenvalue weighted by molar-refractivity contribution is -0.137. The molecule has 0 saturated heterocycles. The van der Waals surface area contributed by atoms with Crippen LogP contribution in [0, 0.1) is 19.7 Å². The van der Waals surface area contributed by atoms with E-state index in [4.69, 9.17) is 8.92 Å². The van der Waals surface area contributed by atoms with Crippen molar-refractivity contribution < 1.29 is 31.6 Å². The van der Waals surface area contributed by atoms with E-state index in [1.807, 2.05) is 23.7 Å². The standard InChI is InChI=1S/C29H29FN4O6S/c1-17-20-11-19(13-25(17)30)24(14-28(35)36)23-6-7-26-29(18(23)2)31-32-34(26)9-3-4-10-39-22-5-8-27-21(12-22)16-33(15-20)41(37,38)40-27/h5-8,11-13,24H,3-4,9-10,14-16H2,1-2H3,(H,35,36). The van der Waals surface area contributed by atoms with Crippen molar-refractivity contribution >= 4 is 27.3 Å². The average Bonchev–Trinajstić information content (AvgIpc) is 3.33. The van der Waals surface area contributed by atoms with Gasteiger partial charge >= 0.3 is 16.3 Å². The van der Waals surface area contributed by atoms with Crippen LogP contribution in [0.15, 0.2) is 42.5 Å². The van der Waals surface area contributed by atoms with Crippen molar-refractivity contribution in [1.29, 1.82) is 0 Å². The maximum atomic E-state index is 15.4. The van der Waals surface area contributed by atoms with Gasteiger partial charge in [-0.15, -0.1) is 5.10 Å². The molecule has 2 unspecified atom stereocenters. The third-order valence-corrected chi connectivity index (χ3v) is 9.16. The summed E-state index contributed by atoms with van der Waals surface area (Å²) in [7, 11) is -4.16. The minimum atomic E-state index is -4.16. The topological polar surface area (TPSA) is 124 Å². The molecule has 214 valence electrons. The summed E-state index contributed by atoms with van der Waals surface area (Å²) in [6, 6.07) is 11.7. The van der Waals surface area contributed by atoms with Crippen LogP contribution in [0.1, 0.15) is 58.6 Å². The minimum Gasteiger partial charge on any atom is -0.494 e. The van der Waals surface area contributed by atoms with E-state index in [0.29, 0.717) is 46.7 Å². The third-order valence-electron chi connectivity index (χ3n) is 7.88. The smallest absolute Gasteiger partial charge is 0.385 e. The second-order valence-electron chi connectivity index (χ2n) is 10.5. The summed E-state index contributed by atoms with van der Waals surface area (Å²) in [5, 5.41) is 18.5. The van der Waals surface area contributed by atoms with E-state index in [1.54, 1.807) is 31.2 Å². The Labute approximate surface area is 236 Å². The first-order chi connectivity index (χ1) is 19.6. The van der Waals surface area contributed by atoms with Crippen molar-refractivity contribution in [3.8, 4) is 11.5 Å². The van der Waals surface area contributed by atoms with E-state index in [9.17, 15) is 18.3 Å². The van der Waals surface area contributed by atoms with Gasteiger partial charge in [0, 0.05) is 31.1 Å². The summed E-state index contributed by atoms with van der Waals surface area (Å²) >= 11 is 0. The lowest BCUT2D eigenvalue weighted by Crippen LogP contribution is -2.37. The molecule has 3 aliphatic heterocycles. The normalized spacial score (nSPS) is 20.1. The molecule has 1 aromatic heterocycles. The Morgan fingerprint density at radius 2 is 1.88 bits per heavy atom. The molecular weight excluding hydrogens is 551 g/mol. The van der Waals surface area contributed by atoms with Crippen LogP contribution in [-0.4, -0.2) is 45.4 Å². The van der Waals surface area contributed by atoms with Gasteiger partial charge in [0.25, 0.3) is 0 Å². The molecule has 1 N–H and O–H groups in total. The highest BCUT2D eigenvalue weighted by atomic mass is 32.2. The number of rotatable bonds is 2. The number of aromatic nitrogens is 3. The molecular formula is C29H29FN4O6S. The Kier molecular flexibility index (Phi) is 6.90. The summed E-state index contributed by atoms with van der Waals surface area (Å²) in [4.78, 5) is 12.0. The zero-order chi connectivity index (χ0) is 28.9. The summed E-state index contributed by atoms with van der Waals surface area (Å²) in [5.41, 5.74) is 4.69.